The quantitative estimate of drug-likeness (QED) is 0.744. The van der Waals surface area contributed by atoms with E-state index in [4.69, 9.17) is 16.3 Å². The summed E-state index contributed by atoms with van der Waals surface area (Å²) in [4.78, 5) is 25.1. The maximum Gasteiger partial charge on any atom is 0.224 e. The van der Waals surface area contributed by atoms with Gasteiger partial charge in [-0.25, -0.2) is 9.97 Å². The highest BCUT2D eigenvalue weighted by molar-refractivity contribution is 6.32. The minimum Gasteiger partial charge on any atom is -0.437 e. The van der Waals surface area contributed by atoms with Crippen molar-refractivity contribution in [1.29, 1.82) is 0 Å². The Morgan fingerprint density at radius 1 is 1.30 bits per heavy atom. The second-order valence-corrected chi connectivity index (χ2v) is 7.14. The molecule has 6 nitrogen and oxygen atoms in total. The highest BCUT2D eigenvalue weighted by Crippen LogP contribution is 2.29. The van der Waals surface area contributed by atoms with E-state index in [1.165, 1.54) is 6.33 Å². The lowest BCUT2D eigenvalue weighted by Crippen LogP contribution is -2.54. The molecule has 0 N–H and O–H groups in total. The second kappa shape index (κ2) is 9.04. The number of amides is 1. The zero-order valence-corrected chi connectivity index (χ0v) is 16.5. The number of halogens is 1. The number of unbranched alkanes of at least 4 members (excludes halogenated alkanes) is 1. The summed E-state index contributed by atoms with van der Waals surface area (Å²) in [6.07, 6.45) is 4.10. The van der Waals surface area contributed by atoms with Crippen molar-refractivity contribution in [3.63, 3.8) is 0 Å². The molecule has 2 aromatic rings. The van der Waals surface area contributed by atoms with Crippen molar-refractivity contribution in [2.24, 2.45) is 0 Å². The number of hydrogen-bond acceptors (Lipinski definition) is 5. The van der Waals surface area contributed by atoms with Gasteiger partial charge in [-0.15, -0.1) is 0 Å². The van der Waals surface area contributed by atoms with E-state index in [0.717, 1.165) is 31.7 Å². The molecule has 1 atom stereocenters. The molecule has 0 aliphatic carbocycles. The number of carbonyl (C=O) groups is 1. The van der Waals surface area contributed by atoms with Crippen molar-refractivity contribution in [2.75, 3.05) is 24.5 Å². The molecule has 1 aliphatic heterocycles. The fourth-order valence-corrected chi connectivity index (χ4v) is 3.38. The maximum absolute atomic E-state index is 12.3. The number of para-hydroxylation sites is 1. The third-order valence-corrected chi connectivity index (χ3v) is 5.01. The fraction of sp³-hybridized carbons (Fsp3) is 0.450. The van der Waals surface area contributed by atoms with Gasteiger partial charge in [0.1, 0.15) is 17.9 Å². The Hall–Kier alpha value is -2.34. The van der Waals surface area contributed by atoms with Crippen molar-refractivity contribution in [3.8, 4) is 11.6 Å². The second-order valence-electron chi connectivity index (χ2n) is 6.73. The van der Waals surface area contributed by atoms with Crippen LogP contribution < -0.4 is 9.64 Å². The van der Waals surface area contributed by atoms with Crippen molar-refractivity contribution in [1.82, 2.24) is 14.9 Å². The fourth-order valence-electron chi connectivity index (χ4n) is 3.21. The number of aromatic nitrogens is 2. The summed E-state index contributed by atoms with van der Waals surface area (Å²) in [6, 6.07) is 9.24. The van der Waals surface area contributed by atoms with Gasteiger partial charge in [0.2, 0.25) is 11.8 Å². The van der Waals surface area contributed by atoms with Gasteiger partial charge in [0.15, 0.2) is 0 Å². The normalized spacial score (nSPS) is 17.1. The van der Waals surface area contributed by atoms with E-state index in [-0.39, 0.29) is 11.9 Å². The molecule has 27 heavy (non-hydrogen) atoms. The van der Waals surface area contributed by atoms with E-state index < -0.39 is 0 Å². The predicted molar refractivity (Wildman–Crippen MR) is 106 cm³/mol. The Bertz CT molecular complexity index is 786. The summed E-state index contributed by atoms with van der Waals surface area (Å²) in [5.41, 5.74) is 0. The van der Waals surface area contributed by atoms with Crippen LogP contribution in [0.5, 0.6) is 11.6 Å². The SMILES string of the molecule is CCCCC(=O)N1CCN(c2cc(Oc3ccccc3Cl)ncn2)CC1C. The molecule has 1 aromatic heterocycles. The molecule has 3 rings (SSSR count). The summed E-state index contributed by atoms with van der Waals surface area (Å²) < 4.78 is 5.80. The minimum absolute atomic E-state index is 0.144. The maximum atomic E-state index is 12.3. The van der Waals surface area contributed by atoms with Gasteiger partial charge >= 0.3 is 0 Å². The first kappa shape index (κ1) is 19.4. The summed E-state index contributed by atoms with van der Waals surface area (Å²) >= 11 is 6.15. The molecule has 1 saturated heterocycles. The van der Waals surface area contributed by atoms with Crippen molar-refractivity contribution in [3.05, 3.63) is 41.7 Å². The summed E-state index contributed by atoms with van der Waals surface area (Å²) in [6.45, 7) is 6.37. The number of piperazine rings is 1. The number of benzene rings is 1. The van der Waals surface area contributed by atoms with Gasteiger partial charge in [-0.3, -0.25) is 4.79 Å². The van der Waals surface area contributed by atoms with Gasteiger partial charge in [-0.1, -0.05) is 37.1 Å². The topological polar surface area (TPSA) is 58.6 Å². The highest BCUT2D eigenvalue weighted by Gasteiger charge is 2.27. The third kappa shape index (κ3) is 4.89. The molecule has 144 valence electrons. The number of nitrogens with zero attached hydrogens (tertiary/aromatic N) is 4. The Morgan fingerprint density at radius 2 is 2.11 bits per heavy atom. The zero-order valence-electron chi connectivity index (χ0n) is 15.8. The summed E-state index contributed by atoms with van der Waals surface area (Å²) in [7, 11) is 0. The van der Waals surface area contributed by atoms with Gasteiger partial charge in [-0.05, 0) is 25.5 Å². The zero-order chi connectivity index (χ0) is 19.2. The van der Waals surface area contributed by atoms with Crippen LogP contribution in [0, 0.1) is 0 Å². The van der Waals surface area contributed by atoms with Gasteiger partial charge < -0.3 is 14.5 Å². The van der Waals surface area contributed by atoms with E-state index >= 15 is 0 Å². The first-order valence-corrected chi connectivity index (χ1v) is 9.75. The summed E-state index contributed by atoms with van der Waals surface area (Å²) in [5, 5.41) is 0.533. The average Bonchev–Trinajstić information content (AvgIpc) is 2.68. The average molecular weight is 389 g/mol. The van der Waals surface area contributed by atoms with Gasteiger partial charge in [0.05, 0.1) is 5.02 Å². The van der Waals surface area contributed by atoms with E-state index in [9.17, 15) is 4.79 Å². The molecule has 1 aromatic carbocycles. The molecular formula is C20H25ClN4O2. The van der Waals surface area contributed by atoms with Gasteiger partial charge in [0.25, 0.3) is 0 Å². The van der Waals surface area contributed by atoms with Gasteiger partial charge in [-0.2, -0.15) is 0 Å². The van der Waals surface area contributed by atoms with Crippen LogP contribution in [0.25, 0.3) is 0 Å². The van der Waals surface area contributed by atoms with E-state index in [1.807, 2.05) is 23.1 Å². The predicted octanol–water partition coefficient (Wildman–Crippen LogP) is 4.15. The van der Waals surface area contributed by atoms with Crippen molar-refractivity contribution < 1.29 is 9.53 Å². The molecular weight excluding hydrogens is 364 g/mol. The van der Waals surface area contributed by atoms with Crippen LogP contribution in [-0.2, 0) is 4.79 Å². The first-order chi connectivity index (χ1) is 13.1. The van der Waals surface area contributed by atoms with Crippen LogP contribution in [-0.4, -0.2) is 46.5 Å². The Balaban J connectivity index is 1.66. The lowest BCUT2D eigenvalue weighted by atomic mass is 10.1. The number of ether oxygens (including phenoxy) is 1. The number of rotatable bonds is 6. The van der Waals surface area contributed by atoms with Crippen LogP contribution in [0.2, 0.25) is 5.02 Å². The monoisotopic (exact) mass is 388 g/mol. The minimum atomic E-state index is 0.144. The Kier molecular flexibility index (Phi) is 6.50. The number of anilines is 1. The van der Waals surface area contributed by atoms with Crippen LogP contribution in [0.1, 0.15) is 33.1 Å². The molecule has 1 unspecified atom stereocenters. The molecule has 1 aliphatic rings. The smallest absolute Gasteiger partial charge is 0.224 e. The molecule has 0 saturated carbocycles. The van der Waals surface area contributed by atoms with E-state index in [0.29, 0.717) is 29.6 Å². The standard InChI is InChI=1S/C20H25ClN4O2/c1-3-4-9-20(26)25-11-10-24(13-15(25)2)18-12-19(23-14-22-18)27-17-8-6-5-7-16(17)21/h5-8,12,14-15H,3-4,9-11,13H2,1-2H3. The highest BCUT2D eigenvalue weighted by atomic mass is 35.5. The van der Waals surface area contributed by atoms with E-state index in [1.54, 1.807) is 12.1 Å². The largest absolute Gasteiger partial charge is 0.437 e. The number of hydrogen-bond donors (Lipinski definition) is 0. The number of carbonyl (C=O) groups excluding carboxylic acids is 1. The van der Waals surface area contributed by atoms with Crippen molar-refractivity contribution >= 4 is 23.3 Å². The molecule has 0 radical (unpaired) electrons. The molecule has 1 amide bonds. The Labute approximate surface area is 165 Å². The van der Waals surface area contributed by atoms with Crippen LogP contribution in [0.4, 0.5) is 5.82 Å². The lowest BCUT2D eigenvalue weighted by molar-refractivity contribution is -0.133. The molecule has 1 fully saturated rings. The first-order valence-electron chi connectivity index (χ1n) is 9.37. The molecule has 2 heterocycles. The van der Waals surface area contributed by atoms with Crippen molar-refractivity contribution in [2.45, 2.75) is 39.2 Å². The van der Waals surface area contributed by atoms with Crippen LogP contribution in [0.15, 0.2) is 36.7 Å². The molecule has 0 spiro atoms. The van der Waals surface area contributed by atoms with Crippen LogP contribution in [0.3, 0.4) is 0 Å². The third-order valence-electron chi connectivity index (χ3n) is 4.69. The summed E-state index contributed by atoms with van der Waals surface area (Å²) in [5.74, 6) is 2.04. The van der Waals surface area contributed by atoms with Gasteiger partial charge in [0, 0.05) is 38.2 Å². The molecule has 7 heteroatoms. The molecule has 0 bridgehead atoms. The Morgan fingerprint density at radius 3 is 2.85 bits per heavy atom. The lowest BCUT2D eigenvalue weighted by Gasteiger charge is -2.40. The van der Waals surface area contributed by atoms with Crippen LogP contribution >= 0.6 is 11.6 Å². The van der Waals surface area contributed by atoms with E-state index in [2.05, 4.69) is 28.7 Å².